The normalized spacial score (nSPS) is 18.4. The summed E-state index contributed by atoms with van der Waals surface area (Å²) in [6.45, 7) is 10.6. The van der Waals surface area contributed by atoms with Crippen molar-refractivity contribution in [2.75, 3.05) is 50.7 Å². The molecule has 0 aromatic carbocycles. The van der Waals surface area contributed by atoms with E-state index in [4.69, 9.17) is 9.52 Å². The smallest absolute Gasteiger partial charge is 0.194 e. The van der Waals surface area contributed by atoms with Gasteiger partial charge in [-0.25, -0.2) is 9.98 Å². The van der Waals surface area contributed by atoms with Crippen molar-refractivity contribution in [3.63, 3.8) is 0 Å². The van der Waals surface area contributed by atoms with E-state index in [2.05, 4.69) is 49.2 Å². The summed E-state index contributed by atoms with van der Waals surface area (Å²) in [7, 11) is 0. The summed E-state index contributed by atoms with van der Waals surface area (Å²) < 4.78 is 4.93. The Hall–Kier alpha value is -2.61. The largest absolute Gasteiger partial charge is 0.364 e. The highest BCUT2D eigenvalue weighted by Crippen LogP contribution is 2.18. The summed E-state index contributed by atoms with van der Waals surface area (Å²) in [4.78, 5) is 16.6. The minimum atomic E-state index is 0.648. The fourth-order valence-electron chi connectivity index (χ4n) is 3.90. The zero-order chi connectivity index (χ0) is 19.9. The lowest BCUT2D eigenvalue weighted by molar-refractivity contribution is 0.169. The Labute approximate surface area is 172 Å². The minimum absolute atomic E-state index is 0.648. The van der Waals surface area contributed by atoms with Gasteiger partial charge in [-0.1, -0.05) is 11.2 Å². The lowest BCUT2D eigenvalue weighted by Crippen LogP contribution is -2.52. The third kappa shape index (κ3) is 5.26. The maximum Gasteiger partial charge on any atom is 0.194 e. The van der Waals surface area contributed by atoms with Crippen LogP contribution in [-0.4, -0.2) is 71.7 Å². The number of nitrogens with zero attached hydrogens (tertiary/aromatic N) is 6. The van der Waals surface area contributed by atoms with Gasteiger partial charge in [-0.3, -0.25) is 4.90 Å². The van der Waals surface area contributed by atoms with Crippen LogP contribution in [0.2, 0.25) is 0 Å². The zero-order valence-electron chi connectivity index (χ0n) is 17.3. The third-order valence-corrected chi connectivity index (χ3v) is 5.53. The van der Waals surface area contributed by atoms with Gasteiger partial charge < -0.3 is 19.6 Å². The third-order valence-electron chi connectivity index (χ3n) is 5.53. The molecule has 2 saturated heterocycles. The van der Waals surface area contributed by atoms with E-state index in [0.29, 0.717) is 6.54 Å². The lowest BCUT2D eigenvalue weighted by atomic mass is 10.2. The molecule has 0 bridgehead atoms. The van der Waals surface area contributed by atoms with Crippen LogP contribution in [0.15, 0.2) is 40.2 Å². The molecule has 0 spiro atoms. The first-order valence-electron chi connectivity index (χ1n) is 10.7. The van der Waals surface area contributed by atoms with Crippen LogP contribution < -0.4 is 10.2 Å². The molecule has 4 heterocycles. The number of aliphatic imine (C=N–C) groups is 1. The van der Waals surface area contributed by atoms with Gasteiger partial charge in [-0.05, 0) is 31.4 Å². The van der Waals surface area contributed by atoms with Crippen LogP contribution in [0.1, 0.15) is 31.0 Å². The van der Waals surface area contributed by atoms with Gasteiger partial charge in [0.15, 0.2) is 5.96 Å². The van der Waals surface area contributed by atoms with Gasteiger partial charge in [-0.15, -0.1) is 0 Å². The molecule has 2 aromatic rings. The van der Waals surface area contributed by atoms with E-state index < -0.39 is 0 Å². The van der Waals surface area contributed by atoms with Crippen LogP contribution in [0.25, 0.3) is 0 Å². The van der Waals surface area contributed by atoms with E-state index >= 15 is 0 Å². The van der Waals surface area contributed by atoms with Gasteiger partial charge >= 0.3 is 0 Å². The van der Waals surface area contributed by atoms with Crippen LogP contribution in [0.4, 0.5) is 5.82 Å². The minimum Gasteiger partial charge on any atom is -0.364 e. The molecule has 0 amide bonds. The first-order chi connectivity index (χ1) is 14.3. The van der Waals surface area contributed by atoms with Crippen molar-refractivity contribution >= 4 is 11.8 Å². The van der Waals surface area contributed by atoms with Crippen molar-refractivity contribution in [1.29, 1.82) is 0 Å². The molecule has 0 saturated carbocycles. The topological polar surface area (TPSA) is 73.0 Å². The molecular weight excluding hydrogens is 366 g/mol. The summed E-state index contributed by atoms with van der Waals surface area (Å²) in [6, 6.07) is 6.22. The molecule has 0 unspecified atom stereocenters. The molecular formula is C21H31N7O. The Bertz CT molecular complexity index is 761. The second-order valence-corrected chi connectivity index (χ2v) is 7.64. The Morgan fingerprint density at radius 1 is 1.10 bits per heavy atom. The molecule has 0 radical (unpaired) electrons. The van der Waals surface area contributed by atoms with Gasteiger partial charge in [0.25, 0.3) is 0 Å². The molecule has 2 aromatic heterocycles. The molecule has 8 nitrogen and oxygen atoms in total. The standard InChI is InChI=1S/C21H31N7O/c1-2-22-21(28-12-10-26(11-13-28)17-19-7-14-29-25-19)24-16-18-5-6-20(23-15-18)27-8-3-4-9-27/h5-7,14-15H,2-4,8-13,16-17H2,1H3,(H,22,24). The fraction of sp³-hybridized carbons (Fsp3) is 0.571. The quantitative estimate of drug-likeness (QED) is 0.590. The van der Waals surface area contributed by atoms with Crippen molar-refractivity contribution in [2.24, 2.45) is 4.99 Å². The first-order valence-corrected chi connectivity index (χ1v) is 10.7. The van der Waals surface area contributed by atoms with Crippen LogP contribution in [0.3, 0.4) is 0 Å². The first kappa shape index (κ1) is 19.7. The number of guanidine groups is 1. The van der Waals surface area contributed by atoms with Gasteiger partial charge in [0.05, 0.1) is 12.2 Å². The van der Waals surface area contributed by atoms with Gasteiger partial charge in [0.2, 0.25) is 0 Å². The fourth-order valence-corrected chi connectivity index (χ4v) is 3.90. The Morgan fingerprint density at radius 3 is 2.59 bits per heavy atom. The predicted octanol–water partition coefficient (Wildman–Crippen LogP) is 1.95. The maximum absolute atomic E-state index is 4.93. The van der Waals surface area contributed by atoms with Crippen molar-refractivity contribution < 1.29 is 4.52 Å². The molecule has 2 aliphatic heterocycles. The second-order valence-electron chi connectivity index (χ2n) is 7.64. The van der Waals surface area contributed by atoms with Gasteiger partial charge in [0.1, 0.15) is 12.1 Å². The Balaban J connectivity index is 1.31. The molecule has 1 N–H and O–H groups in total. The number of hydrogen-bond acceptors (Lipinski definition) is 6. The number of anilines is 1. The number of piperazine rings is 1. The molecule has 8 heteroatoms. The van der Waals surface area contributed by atoms with Crippen LogP contribution in [-0.2, 0) is 13.1 Å². The number of rotatable bonds is 6. The molecule has 0 aliphatic carbocycles. The lowest BCUT2D eigenvalue weighted by Gasteiger charge is -2.36. The molecule has 0 atom stereocenters. The zero-order valence-corrected chi connectivity index (χ0v) is 17.3. The SMILES string of the molecule is CCNC(=NCc1ccc(N2CCCC2)nc1)N1CCN(Cc2ccon2)CC1. The van der Waals surface area contributed by atoms with E-state index in [1.54, 1.807) is 6.26 Å². The van der Waals surface area contributed by atoms with Crippen LogP contribution >= 0.6 is 0 Å². The Morgan fingerprint density at radius 2 is 1.93 bits per heavy atom. The van der Waals surface area contributed by atoms with Crippen LogP contribution in [0.5, 0.6) is 0 Å². The average Bonchev–Trinajstić information content (AvgIpc) is 3.47. The van der Waals surface area contributed by atoms with Crippen molar-refractivity contribution in [3.05, 3.63) is 41.9 Å². The Kier molecular flexibility index (Phi) is 6.61. The van der Waals surface area contributed by atoms with Crippen LogP contribution in [0, 0.1) is 0 Å². The summed E-state index contributed by atoms with van der Waals surface area (Å²) in [5, 5.41) is 7.45. The maximum atomic E-state index is 4.93. The number of nitrogens with one attached hydrogen (secondary N) is 1. The highest BCUT2D eigenvalue weighted by atomic mass is 16.5. The van der Waals surface area contributed by atoms with Gasteiger partial charge in [-0.2, -0.15) is 0 Å². The highest BCUT2D eigenvalue weighted by molar-refractivity contribution is 5.80. The highest BCUT2D eigenvalue weighted by Gasteiger charge is 2.20. The summed E-state index contributed by atoms with van der Waals surface area (Å²) in [5.74, 6) is 2.07. The molecule has 2 aliphatic rings. The van der Waals surface area contributed by atoms with E-state index in [9.17, 15) is 0 Å². The van der Waals surface area contributed by atoms with Crippen molar-refractivity contribution in [3.8, 4) is 0 Å². The van der Waals surface area contributed by atoms with Crippen molar-refractivity contribution in [1.82, 2.24) is 25.3 Å². The predicted molar refractivity (Wildman–Crippen MR) is 114 cm³/mol. The average molecular weight is 398 g/mol. The van der Waals surface area contributed by atoms with Gasteiger partial charge in [0, 0.05) is 64.6 Å². The molecule has 2 fully saturated rings. The summed E-state index contributed by atoms with van der Waals surface area (Å²) in [6.07, 6.45) is 6.14. The molecule has 156 valence electrons. The number of aromatic nitrogens is 2. The number of pyridine rings is 1. The van der Waals surface area contributed by atoms with Crippen molar-refractivity contribution in [2.45, 2.75) is 32.9 Å². The summed E-state index contributed by atoms with van der Waals surface area (Å²) >= 11 is 0. The van der Waals surface area contributed by atoms with E-state index in [1.807, 2.05) is 12.3 Å². The second kappa shape index (κ2) is 9.73. The van der Waals surface area contributed by atoms with E-state index in [0.717, 1.165) is 75.4 Å². The molecule has 4 rings (SSSR count). The summed E-state index contributed by atoms with van der Waals surface area (Å²) in [5.41, 5.74) is 2.14. The van der Waals surface area contributed by atoms with E-state index in [1.165, 1.54) is 12.8 Å². The monoisotopic (exact) mass is 397 g/mol. The molecule has 29 heavy (non-hydrogen) atoms. The number of hydrogen-bond donors (Lipinski definition) is 1. The van der Waals surface area contributed by atoms with E-state index in [-0.39, 0.29) is 0 Å².